The molecule has 1 aromatic rings. The van der Waals surface area contributed by atoms with Crippen LogP contribution in [0.4, 0.5) is 5.69 Å². The van der Waals surface area contributed by atoms with Crippen LogP contribution in [0, 0.1) is 23.2 Å². The van der Waals surface area contributed by atoms with Gasteiger partial charge in [0.15, 0.2) is 6.61 Å². The van der Waals surface area contributed by atoms with Gasteiger partial charge in [-0.3, -0.25) is 9.59 Å². The van der Waals surface area contributed by atoms with E-state index in [4.69, 9.17) is 4.74 Å². The van der Waals surface area contributed by atoms with Crippen molar-refractivity contribution in [1.29, 1.82) is 0 Å². The number of methoxy groups -OCH3 is 1. The minimum absolute atomic E-state index is 0.0319. The van der Waals surface area contributed by atoms with Crippen molar-refractivity contribution in [2.24, 2.45) is 23.2 Å². The van der Waals surface area contributed by atoms with Gasteiger partial charge in [-0.05, 0) is 67.7 Å². The number of anilines is 1. The number of nitrogens with zero attached hydrogens (tertiary/aromatic N) is 1. The average molecular weight is 491 g/mol. The summed E-state index contributed by atoms with van der Waals surface area (Å²) in [7, 11) is 1.25. The summed E-state index contributed by atoms with van der Waals surface area (Å²) in [4.78, 5) is 52.5. The summed E-state index contributed by atoms with van der Waals surface area (Å²) in [6, 6.07) is 0.672. The molecule has 34 heavy (non-hydrogen) atoms. The van der Waals surface area contributed by atoms with Crippen LogP contribution in [0.3, 0.4) is 0 Å². The zero-order chi connectivity index (χ0) is 24.0. The summed E-state index contributed by atoms with van der Waals surface area (Å²) in [6.45, 7) is -0.439. The lowest BCUT2D eigenvalue weighted by atomic mass is 9.49. The molecule has 0 aromatic carbocycles. The number of amides is 2. The molecule has 1 aliphatic heterocycles. The summed E-state index contributed by atoms with van der Waals surface area (Å²) in [5.41, 5.74) is -0.134. The normalized spacial score (nSPS) is 33.6. The molecular formula is C24H30N2O7S. The van der Waals surface area contributed by atoms with Crippen molar-refractivity contribution in [3.05, 3.63) is 16.3 Å². The molecule has 184 valence electrons. The summed E-state index contributed by atoms with van der Waals surface area (Å²) < 4.78 is 9.93. The molecule has 5 fully saturated rings. The number of thiophene rings is 1. The van der Waals surface area contributed by atoms with E-state index in [9.17, 15) is 24.3 Å². The zero-order valence-electron chi connectivity index (χ0n) is 19.2. The third-order valence-electron chi connectivity index (χ3n) is 7.96. The molecule has 9 nitrogen and oxygen atoms in total. The highest BCUT2D eigenvalue weighted by atomic mass is 32.1. The molecule has 2 heterocycles. The Hall–Kier alpha value is -2.46. The lowest BCUT2D eigenvalue weighted by Crippen LogP contribution is -2.56. The highest BCUT2D eigenvalue weighted by Gasteiger charge is 2.57. The fraction of sp³-hybridized carbons (Fsp3) is 0.667. The highest BCUT2D eigenvalue weighted by Crippen LogP contribution is 2.60. The minimum Gasteiger partial charge on any atom is -0.465 e. The predicted octanol–water partition coefficient (Wildman–Crippen LogP) is 2.19. The first-order chi connectivity index (χ1) is 16.3. The second kappa shape index (κ2) is 8.96. The molecule has 5 aliphatic rings. The molecule has 6 rings (SSSR count). The molecule has 1 aromatic heterocycles. The Morgan fingerprint density at radius 2 is 1.76 bits per heavy atom. The lowest BCUT2D eigenvalue weighted by Gasteiger charge is -2.56. The van der Waals surface area contributed by atoms with Crippen molar-refractivity contribution in [2.45, 2.75) is 57.1 Å². The van der Waals surface area contributed by atoms with Crippen LogP contribution in [-0.4, -0.2) is 66.2 Å². The quantitative estimate of drug-likeness (QED) is 0.586. The maximum absolute atomic E-state index is 13.7. The smallest absolute Gasteiger partial charge is 0.350 e. The second-order valence-corrected chi connectivity index (χ2v) is 11.3. The first-order valence-corrected chi connectivity index (χ1v) is 12.8. The number of hydrogen-bond donors (Lipinski definition) is 2. The van der Waals surface area contributed by atoms with Crippen LogP contribution in [0.5, 0.6) is 0 Å². The first kappa shape index (κ1) is 23.3. The van der Waals surface area contributed by atoms with Crippen LogP contribution < -0.4 is 5.32 Å². The molecule has 1 unspecified atom stereocenters. The Morgan fingerprint density at radius 1 is 1.12 bits per heavy atom. The Bertz CT molecular complexity index is 970. The van der Waals surface area contributed by atoms with Crippen LogP contribution in [-0.2, 0) is 23.9 Å². The average Bonchev–Trinajstić information content (AvgIpc) is 3.42. The van der Waals surface area contributed by atoms with Gasteiger partial charge in [0.2, 0.25) is 5.91 Å². The van der Waals surface area contributed by atoms with Crippen LogP contribution in [0.15, 0.2) is 11.4 Å². The van der Waals surface area contributed by atoms with Crippen molar-refractivity contribution in [1.82, 2.24) is 4.90 Å². The summed E-state index contributed by atoms with van der Waals surface area (Å²) in [5, 5.41) is 14.5. The molecular weight excluding hydrogens is 460 g/mol. The van der Waals surface area contributed by atoms with Crippen molar-refractivity contribution in [2.75, 3.05) is 25.6 Å². The van der Waals surface area contributed by atoms with Crippen molar-refractivity contribution >= 4 is 40.8 Å². The molecule has 2 N–H and O–H groups in total. The number of β-amino-alcohol motifs (C(OH)–C–C–N with tert-alkyl or cyclic N) is 1. The van der Waals surface area contributed by atoms with E-state index in [-0.39, 0.29) is 29.4 Å². The topological polar surface area (TPSA) is 122 Å². The van der Waals surface area contributed by atoms with E-state index >= 15 is 0 Å². The first-order valence-electron chi connectivity index (χ1n) is 11.9. The van der Waals surface area contributed by atoms with Crippen molar-refractivity contribution < 1.29 is 33.8 Å². The molecule has 0 spiro atoms. The predicted molar refractivity (Wildman–Crippen MR) is 122 cm³/mol. The maximum atomic E-state index is 13.7. The summed E-state index contributed by atoms with van der Waals surface area (Å²) in [5.74, 6) is -0.134. The van der Waals surface area contributed by atoms with Crippen molar-refractivity contribution in [3.63, 3.8) is 0 Å². The van der Waals surface area contributed by atoms with E-state index in [0.29, 0.717) is 17.8 Å². The number of aliphatic hydroxyl groups is 1. The van der Waals surface area contributed by atoms with E-state index in [1.807, 2.05) is 0 Å². The fourth-order valence-corrected chi connectivity index (χ4v) is 7.78. The SMILES string of the molecule is COC(=O)c1sccc1NC(=O)COC(=O)[C@@H]1CC(O)CN1C(=O)C12CC3CC(CC(C3)C1)C2. The summed E-state index contributed by atoms with van der Waals surface area (Å²) in [6.07, 6.45) is 5.55. The molecule has 2 atom stereocenters. The van der Waals surface area contributed by atoms with E-state index < -0.39 is 42.0 Å². The second-order valence-electron chi connectivity index (χ2n) is 10.4. The van der Waals surface area contributed by atoms with Gasteiger partial charge in [-0.1, -0.05) is 0 Å². The van der Waals surface area contributed by atoms with Gasteiger partial charge >= 0.3 is 11.9 Å². The van der Waals surface area contributed by atoms with E-state index in [2.05, 4.69) is 10.1 Å². The molecule has 4 bridgehead atoms. The number of carbonyl (C=O) groups excluding carboxylic acids is 4. The highest BCUT2D eigenvalue weighted by molar-refractivity contribution is 7.12. The van der Waals surface area contributed by atoms with Gasteiger partial charge in [0.05, 0.1) is 24.3 Å². The van der Waals surface area contributed by atoms with Gasteiger partial charge in [-0.25, -0.2) is 9.59 Å². The van der Waals surface area contributed by atoms with E-state index in [1.165, 1.54) is 31.3 Å². The number of likely N-dealkylation sites (tertiary alicyclic amines) is 1. The number of rotatable bonds is 6. The number of aliphatic hydroxyl groups excluding tert-OH is 1. The van der Waals surface area contributed by atoms with Gasteiger partial charge in [0.25, 0.3) is 5.91 Å². The zero-order valence-corrected chi connectivity index (χ0v) is 20.0. The molecule has 4 saturated carbocycles. The van der Waals surface area contributed by atoms with E-state index in [0.717, 1.165) is 30.6 Å². The number of ether oxygens (including phenoxy) is 2. The van der Waals surface area contributed by atoms with E-state index in [1.54, 1.807) is 11.4 Å². The number of nitrogens with one attached hydrogen (secondary N) is 1. The summed E-state index contributed by atoms with van der Waals surface area (Å²) >= 11 is 1.13. The fourth-order valence-electron chi connectivity index (χ4n) is 7.02. The minimum atomic E-state index is -0.893. The van der Waals surface area contributed by atoms with Crippen LogP contribution >= 0.6 is 11.3 Å². The third-order valence-corrected chi connectivity index (χ3v) is 8.85. The monoisotopic (exact) mass is 490 g/mol. The third kappa shape index (κ3) is 4.22. The Morgan fingerprint density at radius 3 is 2.38 bits per heavy atom. The molecule has 1 saturated heterocycles. The number of carbonyl (C=O) groups is 4. The Kier molecular flexibility index (Phi) is 6.14. The van der Waals surface area contributed by atoms with Gasteiger partial charge in [0.1, 0.15) is 10.9 Å². The largest absolute Gasteiger partial charge is 0.465 e. The number of hydrogen-bond acceptors (Lipinski definition) is 8. The van der Waals surface area contributed by atoms with Crippen LogP contribution in [0.1, 0.15) is 54.6 Å². The Labute approximate surface area is 201 Å². The molecule has 0 radical (unpaired) electrons. The van der Waals surface area contributed by atoms with Crippen LogP contribution in [0.2, 0.25) is 0 Å². The Balaban J connectivity index is 1.21. The van der Waals surface area contributed by atoms with Crippen molar-refractivity contribution in [3.8, 4) is 0 Å². The molecule has 10 heteroatoms. The van der Waals surface area contributed by atoms with Gasteiger partial charge in [-0.2, -0.15) is 0 Å². The lowest BCUT2D eigenvalue weighted by molar-refractivity contribution is -0.166. The molecule has 2 amide bonds. The van der Waals surface area contributed by atoms with Gasteiger partial charge in [-0.15, -0.1) is 11.3 Å². The van der Waals surface area contributed by atoms with Gasteiger partial charge in [0, 0.05) is 13.0 Å². The van der Waals surface area contributed by atoms with Crippen LogP contribution in [0.25, 0.3) is 0 Å². The maximum Gasteiger partial charge on any atom is 0.350 e. The van der Waals surface area contributed by atoms with Gasteiger partial charge < -0.3 is 24.8 Å². The molecule has 4 aliphatic carbocycles. The number of esters is 2. The standard InChI is InChI=1S/C24H30N2O7S/c1-32-22(30)20-17(2-3-34-20)25-19(28)12-33-21(29)18-7-16(27)11-26(18)23(31)24-8-13-4-14(9-24)6-15(5-13)10-24/h2-3,13-16,18,27H,4-12H2,1H3,(H,25,28)/t13?,14?,15?,16?,18-,24?/m0/s1.